The zero-order valence-corrected chi connectivity index (χ0v) is 44.3. The van der Waals surface area contributed by atoms with Crippen LogP contribution in [-0.2, 0) is 0 Å². The Hall–Kier alpha value is -3.08. The molecule has 0 nitrogen and oxygen atoms in total. The predicted octanol–water partition coefficient (Wildman–Crippen LogP) is 19.6. The molecule has 0 saturated heterocycles. The number of hydrogen-bond donors (Lipinski definition) is 0. The van der Waals surface area contributed by atoms with Crippen LogP contribution in [0.15, 0.2) is 0 Å². The molecule has 364 valence electrons. The Morgan fingerprint density at radius 2 is 0.631 bits per heavy atom. The normalized spacial score (nSPS) is 12.6. The van der Waals surface area contributed by atoms with E-state index >= 15 is 0 Å². The van der Waals surface area contributed by atoms with E-state index in [0.29, 0.717) is 0 Å². The van der Waals surface area contributed by atoms with Crippen molar-refractivity contribution in [3.05, 3.63) is 0 Å². The van der Waals surface area contributed by atoms with E-state index in [1.54, 1.807) is 0 Å². The molecule has 0 amide bonds. The molecule has 0 heteroatoms. The predicted molar refractivity (Wildman–Crippen MR) is 292 cm³/mol. The van der Waals surface area contributed by atoms with Crippen LogP contribution in [0.3, 0.4) is 0 Å². The van der Waals surface area contributed by atoms with Crippen LogP contribution in [0.4, 0.5) is 0 Å². The van der Waals surface area contributed by atoms with Crippen molar-refractivity contribution in [2.45, 2.75) is 305 Å². The molecule has 0 aromatic heterocycles. The molecular formula is C65H104. The van der Waals surface area contributed by atoms with E-state index in [-0.39, 0.29) is 17.8 Å². The third-order valence-corrected chi connectivity index (χ3v) is 12.8. The molecule has 65 heavy (non-hydrogen) atoms. The van der Waals surface area contributed by atoms with Crippen LogP contribution in [-0.4, -0.2) is 0 Å². The van der Waals surface area contributed by atoms with Crippen molar-refractivity contribution in [3.63, 3.8) is 0 Å². The van der Waals surface area contributed by atoms with Gasteiger partial charge in [0.2, 0.25) is 0 Å². The lowest BCUT2D eigenvalue weighted by atomic mass is 9.72. The van der Waals surface area contributed by atoms with E-state index in [1.165, 1.54) is 161 Å². The summed E-state index contributed by atoms with van der Waals surface area (Å²) in [5.41, 5.74) is -0.571. The molecule has 0 radical (unpaired) electrons. The lowest BCUT2D eigenvalue weighted by Gasteiger charge is -2.26. The fourth-order valence-electron chi connectivity index (χ4n) is 8.33. The number of hydrogen-bond acceptors (Lipinski definition) is 0. The minimum Gasteiger partial charge on any atom is -0.119 e. The average molecular weight is 886 g/mol. The standard InChI is InChI=1S/C65H104/c1-8-15-21-27-33-37-43-49-58-64(57-48-42-36-30-24-18-11-4)65(59-51-44-38-31-25-19-12-5,60-52-45-39-34-28-22-16-9-2)61-53-50-56-63(55-47-40-32-26-20-13-6)62(14-7)54-46-41-35-29-23-17-10-3/h7,62-64H,8-13,15-45,50,53,56,61H2,1-6H3. The van der Waals surface area contributed by atoms with Crippen molar-refractivity contribution in [2.24, 2.45) is 23.2 Å². The van der Waals surface area contributed by atoms with Gasteiger partial charge in [-0.2, -0.15) is 0 Å². The van der Waals surface area contributed by atoms with Crippen molar-refractivity contribution in [1.29, 1.82) is 0 Å². The second-order valence-electron chi connectivity index (χ2n) is 19.1. The molecule has 4 unspecified atom stereocenters. The van der Waals surface area contributed by atoms with Crippen LogP contribution >= 0.6 is 0 Å². The molecule has 0 aromatic carbocycles. The van der Waals surface area contributed by atoms with Gasteiger partial charge in [0.1, 0.15) is 11.3 Å². The first-order valence-electron chi connectivity index (χ1n) is 28.5. The Morgan fingerprint density at radius 1 is 0.323 bits per heavy atom. The van der Waals surface area contributed by atoms with Gasteiger partial charge in [0.25, 0.3) is 0 Å². The molecule has 0 fully saturated rings. The quantitative estimate of drug-likeness (QED) is 0.0428. The van der Waals surface area contributed by atoms with E-state index in [0.717, 1.165) is 103 Å². The van der Waals surface area contributed by atoms with Gasteiger partial charge >= 0.3 is 0 Å². The largest absolute Gasteiger partial charge is 0.119 e. The molecule has 0 heterocycles. The van der Waals surface area contributed by atoms with Crippen LogP contribution < -0.4 is 0 Å². The summed E-state index contributed by atoms with van der Waals surface area (Å²) in [6.07, 6.45) is 54.8. The smallest absolute Gasteiger partial charge is 0.116 e. The van der Waals surface area contributed by atoms with E-state index in [9.17, 15) is 0 Å². The van der Waals surface area contributed by atoms with Crippen LogP contribution in [0.1, 0.15) is 305 Å². The minimum atomic E-state index is -0.571. The summed E-state index contributed by atoms with van der Waals surface area (Å²) in [6, 6.07) is 0. The SMILES string of the molecule is C#CC(C#CCCCCCCC)C(C#CCCCCCC)CCCCC(C#CCCCCCCC)(C#CCCCCCCCC)C(C#CCCCCCCC)C#CCCCCCCCC. The fraction of sp³-hybridized carbons (Fsp3) is 0.785. The monoisotopic (exact) mass is 885 g/mol. The van der Waals surface area contributed by atoms with Crippen LogP contribution in [0, 0.1) is 107 Å². The van der Waals surface area contributed by atoms with Crippen molar-refractivity contribution in [3.8, 4) is 83.4 Å². The van der Waals surface area contributed by atoms with Crippen molar-refractivity contribution >= 4 is 0 Å². The van der Waals surface area contributed by atoms with Crippen molar-refractivity contribution in [1.82, 2.24) is 0 Å². The third-order valence-electron chi connectivity index (χ3n) is 12.8. The van der Waals surface area contributed by atoms with E-state index in [1.807, 2.05) is 0 Å². The first-order valence-corrected chi connectivity index (χ1v) is 28.5. The van der Waals surface area contributed by atoms with Gasteiger partial charge in [0.05, 0.1) is 5.92 Å². The van der Waals surface area contributed by atoms with Gasteiger partial charge in [-0.05, 0) is 51.4 Å². The van der Waals surface area contributed by atoms with Gasteiger partial charge in [0.15, 0.2) is 0 Å². The Balaban J connectivity index is 6.90. The van der Waals surface area contributed by atoms with Crippen molar-refractivity contribution < 1.29 is 0 Å². The minimum absolute atomic E-state index is 0.0848. The lowest BCUT2D eigenvalue weighted by Crippen LogP contribution is -2.27. The molecule has 0 spiro atoms. The topological polar surface area (TPSA) is 0 Å². The summed E-state index contributed by atoms with van der Waals surface area (Å²) in [7, 11) is 0. The fourth-order valence-corrected chi connectivity index (χ4v) is 8.33. The molecule has 0 aromatic rings. The first-order chi connectivity index (χ1) is 32.1. The molecule has 0 N–H and O–H groups in total. The van der Waals surface area contributed by atoms with Gasteiger partial charge in [-0.15, -0.1) is 41.9 Å². The Kier molecular flexibility index (Phi) is 47.9. The molecule has 0 aliphatic rings. The lowest BCUT2D eigenvalue weighted by molar-refractivity contribution is 0.398. The highest BCUT2D eigenvalue weighted by Gasteiger charge is 2.34. The molecule has 0 rings (SSSR count). The summed E-state index contributed by atoms with van der Waals surface area (Å²) in [5.74, 6) is 47.3. The molecule has 0 aliphatic carbocycles. The summed E-state index contributed by atoms with van der Waals surface area (Å²) in [6.45, 7) is 13.7. The van der Waals surface area contributed by atoms with E-state index < -0.39 is 5.41 Å². The maximum Gasteiger partial charge on any atom is 0.116 e. The van der Waals surface area contributed by atoms with Crippen molar-refractivity contribution in [2.75, 3.05) is 0 Å². The Labute approximate surface area is 409 Å². The second-order valence-corrected chi connectivity index (χ2v) is 19.1. The first kappa shape index (κ1) is 61.9. The number of unbranched alkanes of at least 4 members (excludes halogenated alkanes) is 32. The maximum absolute atomic E-state index is 6.26. The highest BCUT2D eigenvalue weighted by atomic mass is 14.3. The zero-order valence-electron chi connectivity index (χ0n) is 44.3. The number of rotatable bonds is 38. The van der Waals surface area contributed by atoms with Crippen LogP contribution in [0.25, 0.3) is 0 Å². The summed E-state index contributed by atoms with van der Waals surface area (Å²) < 4.78 is 0. The summed E-state index contributed by atoms with van der Waals surface area (Å²) in [4.78, 5) is 0. The average Bonchev–Trinajstić information content (AvgIpc) is 3.32. The van der Waals surface area contributed by atoms with Gasteiger partial charge in [-0.25, -0.2) is 0 Å². The highest BCUT2D eigenvalue weighted by Crippen LogP contribution is 2.34. The zero-order chi connectivity index (χ0) is 47.4. The molecule has 0 bridgehead atoms. The van der Waals surface area contributed by atoms with E-state index in [2.05, 4.69) is 119 Å². The Bertz CT molecular complexity index is 1500. The van der Waals surface area contributed by atoms with Gasteiger partial charge in [-0.3, -0.25) is 0 Å². The van der Waals surface area contributed by atoms with Gasteiger partial charge in [-0.1, -0.05) is 256 Å². The molecule has 0 saturated carbocycles. The summed E-state index contributed by atoms with van der Waals surface area (Å²) in [5, 5.41) is 0. The van der Waals surface area contributed by atoms with E-state index in [4.69, 9.17) is 6.42 Å². The van der Waals surface area contributed by atoms with Gasteiger partial charge in [0, 0.05) is 44.4 Å². The Morgan fingerprint density at radius 3 is 1.00 bits per heavy atom. The molecular weight excluding hydrogens is 781 g/mol. The maximum atomic E-state index is 6.26. The van der Waals surface area contributed by atoms with Crippen LogP contribution in [0.2, 0.25) is 0 Å². The molecule has 0 aliphatic heterocycles. The van der Waals surface area contributed by atoms with Crippen LogP contribution in [0.5, 0.6) is 0 Å². The second kappa shape index (κ2) is 50.3. The number of terminal acetylenes is 1. The molecule has 4 atom stereocenters. The highest BCUT2D eigenvalue weighted by molar-refractivity contribution is 5.38. The third kappa shape index (κ3) is 38.7. The van der Waals surface area contributed by atoms with Gasteiger partial charge < -0.3 is 0 Å². The summed E-state index contributed by atoms with van der Waals surface area (Å²) >= 11 is 0.